The first-order chi connectivity index (χ1) is 14.0. The SMILES string of the molecule is CCOc1ccccc1CNC(=O)CN1CCN(Cc2ccc(F)cc2Cl)C1=O. The number of rotatable bonds is 8. The van der Waals surface area contributed by atoms with Crippen LogP contribution in [0.1, 0.15) is 18.1 Å². The zero-order chi connectivity index (χ0) is 20.8. The summed E-state index contributed by atoms with van der Waals surface area (Å²) in [6.07, 6.45) is 0. The van der Waals surface area contributed by atoms with Gasteiger partial charge >= 0.3 is 6.03 Å². The highest BCUT2D eigenvalue weighted by Crippen LogP contribution is 2.21. The predicted octanol–water partition coefficient (Wildman–Crippen LogP) is 3.43. The third kappa shape index (κ3) is 5.38. The van der Waals surface area contributed by atoms with Gasteiger partial charge in [-0.1, -0.05) is 35.9 Å². The second-order valence-corrected chi connectivity index (χ2v) is 7.09. The van der Waals surface area contributed by atoms with E-state index < -0.39 is 5.82 Å². The van der Waals surface area contributed by atoms with Crippen LogP contribution in [0.2, 0.25) is 5.02 Å². The molecule has 8 heteroatoms. The lowest BCUT2D eigenvalue weighted by Crippen LogP contribution is -2.39. The third-order valence-electron chi connectivity index (χ3n) is 4.64. The van der Waals surface area contributed by atoms with Crippen LogP contribution < -0.4 is 10.1 Å². The molecule has 2 aromatic carbocycles. The van der Waals surface area contributed by atoms with Gasteiger partial charge in [0.1, 0.15) is 18.1 Å². The molecule has 1 heterocycles. The van der Waals surface area contributed by atoms with Crippen molar-refractivity contribution in [2.75, 3.05) is 26.2 Å². The quantitative estimate of drug-likeness (QED) is 0.713. The summed E-state index contributed by atoms with van der Waals surface area (Å²) in [5, 5.41) is 3.11. The fourth-order valence-electron chi connectivity index (χ4n) is 3.15. The highest BCUT2D eigenvalue weighted by atomic mass is 35.5. The average Bonchev–Trinajstić information content (AvgIpc) is 3.03. The number of halogens is 2. The Hall–Kier alpha value is -2.80. The lowest BCUT2D eigenvalue weighted by Gasteiger charge is -2.19. The van der Waals surface area contributed by atoms with Gasteiger partial charge in [-0.2, -0.15) is 0 Å². The highest BCUT2D eigenvalue weighted by molar-refractivity contribution is 6.31. The molecule has 0 unspecified atom stereocenters. The Labute approximate surface area is 174 Å². The Kier molecular flexibility index (Phi) is 6.93. The molecule has 1 saturated heterocycles. The van der Waals surface area contributed by atoms with Crippen molar-refractivity contribution >= 4 is 23.5 Å². The maximum atomic E-state index is 13.2. The molecule has 0 spiro atoms. The fourth-order valence-corrected chi connectivity index (χ4v) is 3.38. The maximum Gasteiger partial charge on any atom is 0.320 e. The van der Waals surface area contributed by atoms with Crippen molar-refractivity contribution in [3.8, 4) is 5.75 Å². The number of carbonyl (C=O) groups excluding carboxylic acids is 2. The van der Waals surface area contributed by atoms with E-state index in [-0.39, 0.29) is 30.1 Å². The number of nitrogens with one attached hydrogen (secondary N) is 1. The summed E-state index contributed by atoms with van der Waals surface area (Å²) in [5.41, 5.74) is 1.54. The highest BCUT2D eigenvalue weighted by Gasteiger charge is 2.30. The second kappa shape index (κ2) is 9.60. The Balaban J connectivity index is 1.52. The molecule has 3 amide bonds. The summed E-state index contributed by atoms with van der Waals surface area (Å²) in [5.74, 6) is 0.0666. The summed E-state index contributed by atoms with van der Waals surface area (Å²) < 4.78 is 18.7. The summed E-state index contributed by atoms with van der Waals surface area (Å²) in [4.78, 5) is 28.0. The van der Waals surface area contributed by atoms with Gasteiger partial charge in [-0.05, 0) is 30.7 Å². The largest absolute Gasteiger partial charge is 0.494 e. The van der Waals surface area contributed by atoms with Crippen LogP contribution in [0.3, 0.4) is 0 Å². The number of benzene rings is 2. The van der Waals surface area contributed by atoms with Gasteiger partial charge in [0.2, 0.25) is 5.91 Å². The van der Waals surface area contributed by atoms with Crippen LogP contribution in [0, 0.1) is 5.82 Å². The Morgan fingerprint density at radius 3 is 2.69 bits per heavy atom. The Bertz CT molecular complexity index is 893. The van der Waals surface area contributed by atoms with Crippen LogP contribution in [0.15, 0.2) is 42.5 Å². The minimum absolute atomic E-state index is 0.0245. The fraction of sp³-hybridized carbons (Fsp3) is 0.333. The van der Waals surface area contributed by atoms with Gasteiger partial charge in [-0.15, -0.1) is 0 Å². The van der Waals surface area contributed by atoms with Gasteiger partial charge in [0.25, 0.3) is 0 Å². The molecular formula is C21H23ClFN3O3. The molecule has 0 saturated carbocycles. The Morgan fingerprint density at radius 2 is 1.93 bits per heavy atom. The zero-order valence-corrected chi connectivity index (χ0v) is 16.9. The van der Waals surface area contributed by atoms with E-state index >= 15 is 0 Å². The van der Waals surface area contributed by atoms with Crippen LogP contribution in [0.5, 0.6) is 5.75 Å². The second-order valence-electron chi connectivity index (χ2n) is 6.68. The van der Waals surface area contributed by atoms with E-state index in [1.54, 1.807) is 11.0 Å². The van der Waals surface area contributed by atoms with Crippen molar-refractivity contribution in [2.24, 2.45) is 0 Å². The standard InChI is InChI=1S/C21H23ClFN3O3/c1-2-29-19-6-4-3-5-15(19)12-24-20(27)14-26-10-9-25(21(26)28)13-16-7-8-17(23)11-18(16)22/h3-8,11H,2,9-10,12-14H2,1H3,(H,24,27). The number of ether oxygens (including phenoxy) is 1. The molecule has 1 aliphatic rings. The third-order valence-corrected chi connectivity index (χ3v) is 4.99. The van der Waals surface area contributed by atoms with E-state index in [1.165, 1.54) is 17.0 Å². The molecule has 1 fully saturated rings. The molecule has 0 bridgehead atoms. The van der Waals surface area contributed by atoms with Crippen molar-refractivity contribution in [3.63, 3.8) is 0 Å². The van der Waals surface area contributed by atoms with Gasteiger partial charge in [-0.3, -0.25) is 4.79 Å². The lowest BCUT2D eigenvalue weighted by molar-refractivity contribution is -0.121. The first kappa shape index (κ1) is 20.9. The first-order valence-corrected chi connectivity index (χ1v) is 9.81. The topological polar surface area (TPSA) is 61.9 Å². The van der Waals surface area contributed by atoms with E-state index in [2.05, 4.69) is 5.32 Å². The number of hydrogen-bond donors (Lipinski definition) is 1. The molecule has 0 aliphatic carbocycles. The summed E-state index contributed by atoms with van der Waals surface area (Å²) in [6.45, 7) is 3.95. The van der Waals surface area contributed by atoms with Crippen molar-refractivity contribution in [2.45, 2.75) is 20.0 Å². The van der Waals surface area contributed by atoms with Gasteiger partial charge in [-0.25, -0.2) is 9.18 Å². The smallest absolute Gasteiger partial charge is 0.320 e. The molecule has 154 valence electrons. The van der Waals surface area contributed by atoms with Crippen molar-refractivity contribution in [1.29, 1.82) is 0 Å². The molecule has 1 aliphatic heterocycles. The van der Waals surface area contributed by atoms with Crippen LogP contribution in [0.25, 0.3) is 0 Å². The lowest BCUT2D eigenvalue weighted by atomic mass is 10.2. The van der Waals surface area contributed by atoms with Crippen molar-refractivity contribution < 1.29 is 18.7 Å². The van der Waals surface area contributed by atoms with Gasteiger partial charge in [0.05, 0.1) is 6.61 Å². The van der Waals surface area contributed by atoms with Crippen LogP contribution in [-0.4, -0.2) is 48.0 Å². The molecule has 0 atom stereocenters. The molecule has 3 rings (SSSR count). The van der Waals surface area contributed by atoms with Gasteiger partial charge < -0.3 is 19.9 Å². The molecule has 1 N–H and O–H groups in total. The number of para-hydroxylation sites is 1. The molecule has 0 radical (unpaired) electrons. The van der Waals surface area contributed by atoms with E-state index in [9.17, 15) is 14.0 Å². The molecular weight excluding hydrogens is 397 g/mol. The first-order valence-electron chi connectivity index (χ1n) is 9.43. The molecule has 0 aromatic heterocycles. The van der Waals surface area contributed by atoms with Crippen molar-refractivity contribution in [1.82, 2.24) is 15.1 Å². The van der Waals surface area contributed by atoms with Gasteiger partial charge in [0.15, 0.2) is 0 Å². The molecule has 29 heavy (non-hydrogen) atoms. The monoisotopic (exact) mass is 419 g/mol. The molecule has 2 aromatic rings. The van der Waals surface area contributed by atoms with Gasteiger partial charge in [0, 0.05) is 36.8 Å². The number of hydrogen-bond acceptors (Lipinski definition) is 3. The van der Waals surface area contributed by atoms with Crippen LogP contribution in [-0.2, 0) is 17.9 Å². The zero-order valence-electron chi connectivity index (χ0n) is 16.2. The number of carbonyl (C=O) groups is 2. The summed E-state index contributed by atoms with van der Waals surface area (Å²) >= 11 is 6.05. The van der Waals surface area contributed by atoms with Crippen LogP contribution >= 0.6 is 11.6 Å². The summed E-state index contributed by atoms with van der Waals surface area (Å²) in [7, 11) is 0. The van der Waals surface area contributed by atoms with E-state index in [4.69, 9.17) is 16.3 Å². The normalized spacial score (nSPS) is 13.7. The molecule has 6 nitrogen and oxygen atoms in total. The minimum Gasteiger partial charge on any atom is -0.494 e. The van der Waals surface area contributed by atoms with E-state index in [1.807, 2.05) is 31.2 Å². The Morgan fingerprint density at radius 1 is 1.17 bits per heavy atom. The number of amides is 3. The summed E-state index contributed by atoms with van der Waals surface area (Å²) in [6, 6.07) is 11.4. The van der Waals surface area contributed by atoms with E-state index in [0.29, 0.717) is 31.8 Å². The average molecular weight is 420 g/mol. The van der Waals surface area contributed by atoms with Crippen molar-refractivity contribution in [3.05, 3.63) is 64.4 Å². The van der Waals surface area contributed by atoms with E-state index in [0.717, 1.165) is 11.3 Å². The number of nitrogens with zero attached hydrogens (tertiary/aromatic N) is 2. The number of urea groups is 1. The minimum atomic E-state index is -0.421. The van der Waals surface area contributed by atoms with Crippen LogP contribution in [0.4, 0.5) is 9.18 Å². The predicted molar refractivity (Wildman–Crippen MR) is 108 cm³/mol. The maximum absolute atomic E-state index is 13.2.